The number of amides is 2. The van der Waals surface area contributed by atoms with E-state index in [0.717, 1.165) is 62.3 Å². The van der Waals surface area contributed by atoms with Gasteiger partial charge < -0.3 is 19.7 Å². The first-order chi connectivity index (χ1) is 12.1. The fourth-order valence-electron chi connectivity index (χ4n) is 4.13. The Bertz CT molecular complexity index is 753. The second-order valence-electron chi connectivity index (χ2n) is 7.30. The van der Waals surface area contributed by atoms with Crippen LogP contribution in [0.2, 0.25) is 0 Å². The van der Waals surface area contributed by atoms with E-state index in [1.807, 2.05) is 22.1 Å². The van der Waals surface area contributed by atoms with E-state index >= 15 is 0 Å². The molecule has 7 heteroatoms. The molecule has 1 N–H and O–H groups in total. The van der Waals surface area contributed by atoms with Crippen LogP contribution >= 0.6 is 0 Å². The molecule has 2 fully saturated rings. The minimum absolute atomic E-state index is 0.206. The van der Waals surface area contributed by atoms with E-state index in [9.17, 15) is 4.79 Å². The first kappa shape index (κ1) is 16.2. The molecule has 0 saturated carbocycles. The number of likely N-dealkylation sites (N-methyl/N-ethyl adjacent to an activating group) is 1. The molecule has 0 aliphatic carbocycles. The number of piperidine rings is 1. The molecule has 134 valence electrons. The number of rotatable bonds is 2. The van der Waals surface area contributed by atoms with Crippen molar-refractivity contribution < 1.29 is 4.79 Å². The number of anilines is 1. The van der Waals surface area contributed by atoms with Gasteiger partial charge in [-0.2, -0.15) is 0 Å². The Balaban J connectivity index is 1.55. The van der Waals surface area contributed by atoms with Crippen molar-refractivity contribution >= 4 is 22.9 Å². The lowest BCUT2D eigenvalue weighted by Gasteiger charge is -2.43. The van der Waals surface area contributed by atoms with Gasteiger partial charge in [0.05, 0.1) is 11.4 Å². The van der Waals surface area contributed by atoms with Gasteiger partial charge in [-0.3, -0.25) is 0 Å². The van der Waals surface area contributed by atoms with Crippen molar-refractivity contribution in [2.45, 2.75) is 32.2 Å². The number of nitrogens with one attached hydrogen (secondary N) is 1. The molecule has 4 heterocycles. The molecule has 0 aromatic carbocycles. The zero-order chi connectivity index (χ0) is 17.4. The van der Waals surface area contributed by atoms with Crippen LogP contribution in [0.3, 0.4) is 0 Å². The topological polar surface area (TPSA) is 68.4 Å². The van der Waals surface area contributed by atoms with Crippen LogP contribution < -0.4 is 4.90 Å². The van der Waals surface area contributed by atoms with E-state index in [0.29, 0.717) is 5.92 Å². The highest BCUT2D eigenvalue weighted by Crippen LogP contribution is 2.29. The number of carbonyl (C=O) groups excluding carboxylic acids is 1. The molecule has 0 bridgehead atoms. The summed E-state index contributed by atoms with van der Waals surface area (Å²) in [5, 5.41) is 1.03. The van der Waals surface area contributed by atoms with Gasteiger partial charge in [0, 0.05) is 39.4 Å². The molecule has 0 unspecified atom stereocenters. The van der Waals surface area contributed by atoms with Crippen molar-refractivity contribution in [3.05, 3.63) is 18.6 Å². The highest BCUT2D eigenvalue weighted by Gasteiger charge is 2.34. The first-order valence-corrected chi connectivity index (χ1v) is 9.20. The molecule has 2 aliphatic rings. The second kappa shape index (κ2) is 6.54. The molecule has 4 rings (SSSR count). The SMILES string of the molecule is C[C@H]1CCN(C(=O)N2CCCC2)C[C@H]1N(C)c1ncnc2[nH]ccc12. The van der Waals surface area contributed by atoms with Gasteiger partial charge >= 0.3 is 6.03 Å². The van der Waals surface area contributed by atoms with Crippen LogP contribution in [0.1, 0.15) is 26.2 Å². The number of aromatic nitrogens is 3. The molecule has 0 radical (unpaired) electrons. The molecule has 2 saturated heterocycles. The van der Waals surface area contributed by atoms with Crippen molar-refractivity contribution in [3.63, 3.8) is 0 Å². The van der Waals surface area contributed by atoms with Gasteiger partial charge in [-0.1, -0.05) is 6.92 Å². The number of aromatic amines is 1. The lowest BCUT2D eigenvalue weighted by atomic mass is 9.92. The number of likely N-dealkylation sites (tertiary alicyclic amines) is 2. The Morgan fingerprint density at radius 3 is 2.84 bits per heavy atom. The second-order valence-corrected chi connectivity index (χ2v) is 7.30. The van der Waals surface area contributed by atoms with Gasteiger partial charge in [-0.15, -0.1) is 0 Å². The van der Waals surface area contributed by atoms with E-state index in [1.54, 1.807) is 6.33 Å². The molecule has 7 nitrogen and oxygen atoms in total. The Hall–Kier alpha value is -2.31. The maximum Gasteiger partial charge on any atom is 0.320 e. The summed E-state index contributed by atoms with van der Waals surface area (Å²) in [6.07, 6.45) is 6.78. The van der Waals surface area contributed by atoms with Gasteiger partial charge in [0.2, 0.25) is 0 Å². The number of hydrogen-bond acceptors (Lipinski definition) is 4. The van der Waals surface area contributed by atoms with E-state index in [2.05, 4.69) is 33.8 Å². The summed E-state index contributed by atoms with van der Waals surface area (Å²) in [4.78, 5) is 31.0. The summed E-state index contributed by atoms with van der Waals surface area (Å²) < 4.78 is 0. The Labute approximate surface area is 148 Å². The quantitative estimate of drug-likeness (QED) is 0.909. The molecular weight excluding hydrogens is 316 g/mol. The zero-order valence-electron chi connectivity index (χ0n) is 15.0. The summed E-state index contributed by atoms with van der Waals surface area (Å²) in [6.45, 7) is 5.68. The fraction of sp³-hybridized carbons (Fsp3) is 0.611. The largest absolute Gasteiger partial charge is 0.354 e. The van der Waals surface area contributed by atoms with Crippen molar-refractivity contribution in [2.75, 3.05) is 38.1 Å². The molecule has 2 aromatic rings. The maximum absolute atomic E-state index is 12.8. The van der Waals surface area contributed by atoms with Gasteiger partial charge in [-0.05, 0) is 31.2 Å². The third-order valence-electron chi connectivity index (χ3n) is 5.73. The lowest BCUT2D eigenvalue weighted by molar-refractivity contribution is 0.133. The third kappa shape index (κ3) is 2.92. The highest BCUT2D eigenvalue weighted by molar-refractivity contribution is 5.87. The summed E-state index contributed by atoms with van der Waals surface area (Å²) in [5.41, 5.74) is 0.852. The molecule has 0 spiro atoms. The van der Waals surface area contributed by atoms with Crippen molar-refractivity contribution in [3.8, 4) is 0 Å². The summed E-state index contributed by atoms with van der Waals surface area (Å²) >= 11 is 0. The smallest absolute Gasteiger partial charge is 0.320 e. The predicted octanol–water partition coefficient (Wildman–Crippen LogP) is 2.32. The number of urea groups is 1. The molecule has 2 atom stereocenters. The van der Waals surface area contributed by atoms with E-state index < -0.39 is 0 Å². The Kier molecular flexibility index (Phi) is 4.23. The van der Waals surface area contributed by atoms with Crippen molar-refractivity contribution in [1.29, 1.82) is 0 Å². The molecule has 2 aliphatic heterocycles. The van der Waals surface area contributed by atoms with Crippen LogP contribution in [0, 0.1) is 5.92 Å². The van der Waals surface area contributed by atoms with Crippen LogP contribution in [0.5, 0.6) is 0 Å². The first-order valence-electron chi connectivity index (χ1n) is 9.20. The van der Waals surface area contributed by atoms with E-state index in [-0.39, 0.29) is 12.1 Å². The van der Waals surface area contributed by atoms with Gasteiger partial charge in [0.1, 0.15) is 17.8 Å². The van der Waals surface area contributed by atoms with Crippen LogP contribution in [0.25, 0.3) is 11.0 Å². The molecule has 2 amide bonds. The third-order valence-corrected chi connectivity index (χ3v) is 5.73. The minimum atomic E-state index is 0.206. The average Bonchev–Trinajstić information content (AvgIpc) is 3.32. The number of H-pyrrole nitrogens is 1. The maximum atomic E-state index is 12.8. The van der Waals surface area contributed by atoms with Crippen LogP contribution in [0.4, 0.5) is 10.6 Å². The average molecular weight is 342 g/mol. The number of fused-ring (bicyclic) bond motifs is 1. The zero-order valence-corrected chi connectivity index (χ0v) is 15.0. The Morgan fingerprint density at radius 2 is 2.04 bits per heavy atom. The van der Waals surface area contributed by atoms with Gasteiger partial charge in [0.25, 0.3) is 0 Å². The normalized spacial score (nSPS) is 24.1. The summed E-state index contributed by atoms with van der Waals surface area (Å²) in [6, 6.07) is 2.48. The predicted molar refractivity (Wildman–Crippen MR) is 97.6 cm³/mol. The van der Waals surface area contributed by atoms with Crippen LogP contribution in [-0.2, 0) is 0 Å². The Morgan fingerprint density at radius 1 is 1.24 bits per heavy atom. The lowest BCUT2D eigenvalue weighted by Crippen LogP contribution is -2.55. The fourth-order valence-corrected chi connectivity index (χ4v) is 4.13. The van der Waals surface area contributed by atoms with E-state index in [4.69, 9.17) is 0 Å². The highest BCUT2D eigenvalue weighted by atomic mass is 16.2. The van der Waals surface area contributed by atoms with E-state index in [1.165, 1.54) is 0 Å². The standard InChI is InChI=1S/C18H26N6O/c1-13-6-10-24(18(25)23-8-3-4-9-23)11-15(13)22(2)17-14-5-7-19-16(14)20-12-21-17/h5,7,12-13,15H,3-4,6,8-11H2,1-2H3,(H,19,20,21)/t13-,15+/m0/s1. The van der Waals surface area contributed by atoms with Crippen LogP contribution in [0.15, 0.2) is 18.6 Å². The number of nitrogens with zero attached hydrogens (tertiary/aromatic N) is 5. The monoisotopic (exact) mass is 342 g/mol. The molecular formula is C18H26N6O. The van der Waals surface area contributed by atoms with Gasteiger partial charge in [0.15, 0.2) is 0 Å². The van der Waals surface area contributed by atoms with Gasteiger partial charge in [-0.25, -0.2) is 14.8 Å². The van der Waals surface area contributed by atoms with Crippen molar-refractivity contribution in [2.24, 2.45) is 5.92 Å². The molecule has 25 heavy (non-hydrogen) atoms. The molecule has 2 aromatic heterocycles. The summed E-state index contributed by atoms with van der Waals surface area (Å²) in [7, 11) is 2.08. The minimum Gasteiger partial charge on any atom is -0.354 e. The number of hydrogen-bond donors (Lipinski definition) is 1. The number of carbonyl (C=O) groups is 1. The summed E-state index contributed by atoms with van der Waals surface area (Å²) in [5.74, 6) is 1.44. The van der Waals surface area contributed by atoms with Crippen LogP contribution in [-0.4, -0.2) is 70.1 Å². The van der Waals surface area contributed by atoms with Crippen molar-refractivity contribution in [1.82, 2.24) is 24.8 Å².